The summed E-state index contributed by atoms with van der Waals surface area (Å²) in [5, 5.41) is 23.2. The zero-order chi connectivity index (χ0) is 24.8. The van der Waals surface area contributed by atoms with Crippen molar-refractivity contribution in [1.29, 1.82) is 0 Å². The summed E-state index contributed by atoms with van der Waals surface area (Å²) in [5.41, 5.74) is 5.09. The number of carbonyl (C=O) groups excluding carboxylic acids is 2. The van der Waals surface area contributed by atoms with Gasteiger partial charge < -0.3 is 25.6 Å². The zero-order valence-electron chi connectivity index (χ0n) is 18.9. The van der Waals surface area contributed by atoms with Gasteiger partial charge in [-0.3, -0.25) is 4.79 Å². The van der Waals surface area contributed by atoms with Gasteiger partial charge in [-0.2, -0.15) is 0 Å². The second-order valence-corrected chi connectivity index (χ2v) is 8.29. The van der Waals surface area contributed by atoms with Crippen LogP contribution >= 0.6 is 0 Å². The maximum Gasteiger partial charge on any atom is 0.407 e. The highest BCUT2D eigenvalue weighted by Gasteiger charge is 2.30. The van der Waals surface area contributed by atoms with E-state index in [0.29, 0.717) is 0 Å². The van der Waals surface area contributed by atoms with Gasteiger partial charge in [0.1, 0.15) is 18.7 Å². The molecule has 1 aliphatic rings. The van der Waals surface area contributed by atoms with E-state index in [1.54, 1.807) is 24.3 Å². The number of fused-ring (bicyclic) bond motifs is 3. The largest absolute Gasteiger partial charge is 0.480 e. The Morgan fingerprint density at radius 2 is 1.37 bits per heavy atom. The van der Waals surface area contributed by atoms with Crippen molar-refractivity contribution in [2.24, 2.45) is 0 Å². The van der Waals surface area contributed by atoms with Gasteiger partial charge in [0.05, 0.1) is 6.61 Å². The Labute approximate surface area is 202 Å². The number of alkyl carbamates (subject to hydrolysis) is 1. The zero-order valence-corrected chi connectivity index (χ0v) is 18.9. The van der Waals surface area contributed by atoms with Gasteiger partial charge in [0, 0.05) is 12.3 Å². The number of amides is 2. The fraction of sp³-hybridized carbons (Fsp3) is 0.222. The molecule has 1 aliphatic carbocycles. The molecular formula is C27H26N2O6. The van der Waals surface area contributed by atoms with Gasteiger partial charge in [0.15, 0.2) is 0 Å². The molecule has 1 unspecified atom stereocenters. The van der Waals surface area contributed by atoms with Gasteiger partial charge in [-0.15, -0.1) is 0 Å². The predicted molar refractivity (Wildman–Crippen MR) is 129 cm³/mol. The minimum Gasteiger partial charge on any atom is -0.480 e. The fourth-order valence-corrected chi connectivity index (χ4v) is 4.30. The standard InChI is InChI=1S/C27H26N2O6/c30-15-24(26(32)33)28-25(31)23(14-17-8-2-1-3-9-17)29-27(34)35-16-22-20-12-6-4-10-18(20)19-11-5-7-13-21(19)22/h1-13,22-24,30H,14-16H2,(H,28,31)(H,29,34)(H,32,33)/t23?,24-/m0/s1. The molecule has 8 nitrogen and oxygen atoms in total. The van der Waals surface area contributed by atoms with E-state index in [2.05, 4.69) is 10.6 Å². The van der Waals surface area contributed by atoms with Crippen molar-refractivity contribution in [3.63, 3.8) is 0 Å². The van der Waals surface area contributed by atoms with Crippen molar-refractivity contribution in [3.05, 3.63) is 95.6 Å². The quantitative estimate of drug-likeness (QED) is 0.378. The van der Waals surface area contributed by atoms with Crippen LogP contribution in [0.3, 0.4) is 0 Å². The summed E-state index contributed by atoms with van der Waals surface area (Å²) in [6.45, 7) is -0.696. The third-order valence-electron chi connectivity index (χ3n) is 6.03. The number of carbonyl (C=O) groups is 3. The number of carboxylic acid groups (broad SMARTS) is 1. The van der Waals surface area contributed by atoms with E-state index < -0.39 is 36.7 Å². The topological polar surface area (TPSA) is 125 Å². The summed E-state index contributed by atoms with van der Waals surface area (Å²) in [6, 6.07) is 22.3. The summed E-state index contributed by atoms with van der Waals surface area (Å²) in [7, 11) is 0. The lowest BCUT2D eigenvalue weighted by molar-refractivity contribution is -0.143. The molecule has 3 aromatic rings. The number of aliphatic carboxylic acids is 1. The van der Waals surface area contributed by atoms with Crippen molar-refractivity contribution >= 4 is 18.0 Å². The molecule has 0 saturated heterocycles. The number of benzene rings is 3. The van der Waals surface area contributed by atoms with Crippen LogP contribution < -0.4 is 10.6 Å². The maximum absolute atomic E-state index is 12.8. The molecule has 8 heteroatoms. The first kappa shape index (κ1) is 24.0. The molecule has 0 spiro atoms. The molecule has 0 aromatic heterocycles. The number of hydrogen-bond acceptors (Lipinski definition) is 5. The van der Waals surface area contributed by atoms with Crippen LogP contribution in [0, 0.1) is 0 Å². The van der Waals surface area contributed by atoms with E-state index in [0.717, 1.165) is 27.8 Å². The van der Waals surface area contributed by atoms with E-state index in [1.807, 2.05) is 54.6 Å². The van der Waals surface area contributed by atoms with Gasteiger partial charge >= 0.3 is 12.1 Å². The minimum atomic E-state index is -1.48. The number of ether oxygens (including phenoxy) is 1. The first-order chi connectivity index (χ1) is 17.0. The maximum atomic E-state index is 12.8. The lowest BCUT2D eigenvalue weighted by Crippen LogP contribution is -2.53. The summed E-state index contributed by atoms with van der Waals surface area (Å²) in [4.78, 5) is 36.8. The lowest BCUT2D eigenvalue weighted by Gasteiger charge is -2.21. The summed E-state index contributed by atoms with van der Waals surface area (Å²) < 4.78 is 5.54. The summed E-state index contributed by atoms with van der Waals surface area (Å²) >= 11 is 0. The summed E-state index contributed by atoms with van der Waals surface area (Å²) in [6.07, 6.45) is -0.673. The molecule has 0 heterocycles. The molecule has 0 aliphatic heterocycles. The normalized spacial score (nSPS) is 13.7. The van der Waals surface area contributed by atoms with E-state index in [4.69, 9.17) is 9.84 Å². The Bertz CT molecular complexity index is 1170. The average Bonchev–Trinajstić information content (AvgIpc) is 3.19. The van der Waals surface area contributed by atoms with Gasteiger partial charge in [0.2, 0.25) is 5.91 Å². The predicted octanol–water partition coefficient (Wildman–Crippen LogP) is 2.70. The smallest absolute Gasteiger partial charge is 0.407 e. The summed E-state index contributed by atoms with van der Waals surface area (Å²) in [5.74, 6) is -2.25. The van der Waals surface area contributed by atoms with Crippen molar-refractivity contribution < 1.29 is 29.3 Å². The Hall–Kier alpha value is -4.17. The molecule has 2 atom stereocenters. The van der Waals surface area contributed by atoms with Crippen LogP contribution in [-0.2, 0) is 20.7 Å². The molecule has 0 fully saturated rings. The SMILES string of the molecule is O=C(NC(Cc1ccccc1)C(=O)N[C@@H](CO)C(=O)O)OCC1c2ccccc2-c2ccccc21. The van der Waals surface area contributed by atoms with Gasteiger partial charge in [-0.05, 0) is 27.8 Å². The van der Waals surface area contributed by atoms with E-state index in [-0.39, 0.29) is 18.9 Å². The van der Waals surface area contributed by atoms with Crippen molar-refractivity contribution in [2.45, 2.75) is 24.4 Å². The number of nitrogens with one attached hydrogen (secondary N) is 2. The number of carboxylic acids is 1. The first-order valence-corrected chi connectivity index (χ1v) is 11.3. The third-order valence-corrected chi connectivity index (χ3v) is 6.03. The first-order valence-electron chi connectivity index (χ1n) is 11.3. The molecule has 35 heavy (non-hydrogen) atoms. The van der Waals surface area contributed by atoms with E-state index in [1.165, 1.54) is 0 Å². The molecule has 2 amide bonds. The molecule has 0 saturated carbocycles. The van der Waals surface area contributed by atoms with Gasteiger partial charge in [-0.1, -0.05) is 78.9 Å². The van der Waals surface area contributed by atoms with E-state index in [9.17, 15) is 19.5 Å². The minimum absolute atomic E-state index is 0.0773. The van der Waals surface area contributed by atoms with Crippen LogP contribution in [-0.4, -0.2) is 53.5 Å². The molecule has 0 bridgehead atoms. The number of rotatable bonds is 9. The van der Waals surface area contributed by atoms with Gasteiger partial charge in [0.25, 0.3) is 0 Å². The van der Waals surface area contributed by atoms with Crippen LogP contribution in [0.25, 0.3) is 11.1 Å². The highest BCUT2D eigenvalue weighted by Crippen LogP contribution is 2.44. The molecule has 4 N–H and O–H groups in total. The van der Waals surface area contributed by atoms with Crippen LogP contribution in [0.15, 0.2) is 78.9 Å². The van der Waals surface area contributed by atoms with Crippen molar-refractivity contribution in [2.75, 3.05) is 13.2 Å². The monoisotopic (exact) mass is 474 g/mol. The number of hydrogen-bond donors (Lipinski definition) is 4. The third kappa shape index (κ3) is 5.50. The lowest BCUT2D eigenvalue weighted by atomic mass is 9.98. The molecule has 0 radical (unpaired) electrons. The Kier molecular flexibility index (Phi) is 7.42. The van der Waals surface area contributed by atoms with Gasteiger partial charge in [-0.25, -0.2) is 9.59 Å². The van der Waals surface area contributed by atoms with Crippen LogP contribution in [0.1, 0.15) is 22.6 Å². The second-order valence-electron chi connectivity index (χ2n) is 8.29. The fourth-order valence-electron chi connectivity index (χ4n) is 4.30. The number of aliphatic hydroxyl groups excluding tert-OH is 1. The van der Waals surface area contributed by atoms with Crippen LogP contribution in [0.2, 0.25) is 0 Å². The Morgan fingerprint density at radius 3 is 1.94 bits per heavy atom. The average molecular weight is 475 g/mol. The van der Waals surface area contributed by atoms with Crippen molar-refractivity contribution in [3.8, 4) is 11.1 Å². The molecule has 180 valence electrons. The Balaban J connectivity index is 1.46. The van der Waals surface area contributed by atoms with Crippen LogP contribution in [0.4, 0.5) is 4.79 Å². The second kappa shape index (κ2) is 10.8. The number of aliphatic hydroxyl groups is 1. The Morgan fingerprint density at radius 1 is 0.800 bits per heavy atom. The molecule has 3 aromatic carbocycles. The van der Waals surface area contributed by atoms with Crippen molar-refractivity contribution in [1.82, 2.24) is 10.6 Å². The van der Waals surface area contributed by atoms with Crippen LogP contribution in [0.5, 0.6) is 0 Å². The highest BCUT2D eigenvalue weighted by atomic mass is 16.5. The van der Waals surface area contributed by atoms with E-state index >= 15 is 0 Å². The molecule has 4 rings (SSSR count). The highest BCUT2D eigenvalue weighted by molar-refractivity contribution is 5.89. The molecular weight excluding hydrogens is 448 g/mol.